The van der Waals surface area contributed by atoms with Gasteiger partial charge in [-0.3, -0.25) is 9.69 Å². The normalized spacial score (nSPS) is 21.0. The van der Waals surface area contributed by atoms with E-state index in [0.717, 1.165) is 11.5 Å². The number of nitrogens with two attached hydrogens (primary N) is 1. The lowest BCUT2D eigenvalue weighted by molar-refractivity contribution is -0.145. The standard InChI is InChI=1S/C22H33N3O4S2/c1-28-22(27)19(10-12-31-2)24-21(26)20-13-18(29-17-8-4-3-5-9-17)14-25(20)11-6-7-16(23)15-30/h3-9,16,18-20,30H,10-15,23H2,1-2H3,(H,24,26)/b7-6+/t16-,18+,19-,20+/m1/s1. The highest BCUT2D eigenvalue weighted by Gasteiger charge is 2.38. The van der Waals surface area contributed by atoms with Gasteiger partial charge >= 0.3 is 5.97 Å². The fourth-order valence-electron chi connectivity index (χ4n) is 3.44. The molecule has 172 valence electrons. The molecular weight excluding hydrogens is 434 g/mol. The van der Waals surface area contributed by atoms with Crippen LogP contribution in [0.4, 0.5) is 0 Å². The summed E-state index contributed by atoms with van der Waals surface area (Å²) in [7, 11) is 1.33. The van der Waals surface area contributed by atoms with E-state index in [9.17, 15) is 9.59 Å². The largest absolute Gasteiger partial charge is 0.489 e. The number of rotatable bonds is 12. The molecule has 1 aromatic carbocycles. The number of methoxy groups -OCH3 is 1. The third-order valence-electron chi connectivity index (χ3n) is 5.06. The number of carbonyl (C=O) groups excluding carboxylic acids is 2. The molecule has 1 aromatic rings. The van der Waals surface area contributed by atoms with E-state index in [-0.39, 0.29) is 18.1 Å². The Morgan fingerprint density at radius 1 is 1.39 bits per heavy atom. The second-order valence-electron chi connectivity index (χ2n) is 7.40. The number of hydrogen-bond acceptors (Lipinski definition) is 8. The average Bonchev–Trinajstić information content (AvgIpc) is 3.18. The molecule has 0 unspecified atom stereocenters. The predicted molar refractivity (Wildman–Crippen MR) is 129 cm³/mol. The molecule has 0 aromatic heterocycles. The van der Waals surface area contributed by atoms with Crippen LogP contribution in [0.5, 0.6) is 5.75 Å². The molecule has 1 heterocycles. The lowest BCUT2D eigenvalue weighted by atomic mass is 10.1. The van der Waals surface area contributed by atoms with Crippen LogP contribution >= 0.6 is 24.4 Å². The molecule has 9 heteroatoms. The highest BCUT2D eigenvalue weighted by Crippen LogP contribution is 2.23. The lowest BCUT2D eigenvalue weighted by Crippen LogP contribution is -2.50. The average molecular weight is 468 g/mol. The molecule has 1 amide bonds. The van der Waals surface area contributed by atoms with Crippen molar-refractivity contribution in [2.45, 2.75) is 37.1 Å². The van der Waals surface area contributed by atoms with Gasteiger partial charge in [-0.25, -0.2) is 4.79 Å². The number of ether oxygens (including phenoxy) is 2. The van der Waals surface area contributed by atoms with Crippen LogP contribution in [0.3, 0.4) is 0 Å². The molecule has 2 rings (SSSR count). The van der Waals surface area contributed by atoms with Crippen molar-refractivity contribution >= 4 is 36.3 Å². The zero-order chi connectivity index (χ0) is 22.6. The summed E-state index contributed by atoms with van der Waals surface area (Å²) in [6, 6.07) is 8.37. The first-order chi connectivity index (χ1) is 15.0. The second kappa shape index (κ2) is 13.7. The molecule has 1 saturated heterocycles. The lowest BCUT2D eigenvalue weighted by Gasteiger charge is -2.24. The van der Waals surface area contributed by atoms with Gasteiger partial charge in [0.1, 0.15) is 17.9 Å². The Kier molecular flexibility index (Phi) is 11.3. The Labute approximate surface area is 194 Å². The maximum atomic E-state index is 13.1. The summed E-state index contributed by atoms with van der Waals surface area (Å²) in [6.45, 7) is 1.16. The van der Waals surface area contributed by atoms with E-state index >= 15 is 0 Å². The van der Waals surface area contributed by atoms with Crippen LogP contribution in [0.25, 0.3) is 0 Å². The van der Waals surface area contributed by atoms with E-state index in [1.807, 2.05) is 53.6 Å². The highest BCUT2D eigenvalue weighted by atomic mass is 32.2. The van der Waals surface area contributed by atoms with Crippen molar-refractivity contribution in [2.75, 3.05) is 38.0 Å². The van der Waals surface area contributed by atoms with Crippen LogP contribution in [-0.2, 0) is 14.3 Å². The van der Waals surface area contributed by atoms with E-state index in [1.165, 1.54) is 7.11 Å². The summed E-state index contributed by atoms with van der Waals surface area (Å²) < 4.78 is 11.0. The number of benzene rings is 1. The molecule has 0 spiro atoms. The number of para-hydroxylation sites is 1. The minimum absolute atomic E-state index is 0.132. The molecule has 4 atom stereocenters. The number of nitrogens with zero attached hydrogens (tertiary/aromatic N) is 1. The van der Waals surface area contributed by atoms with Gasteiger partial charge in [0, 0.05) is 31.3 Å². The summed E-state index contributed by atoms with van der Waals surface area (Å²) in [5, 5.41) is 2.88. The minimum Gasteiger partial charge on any atom is -0.489 e. The summed E-state index contributed by atoms with van der Waals surface area (Å²) >= 11 is 5.81. The van der Waals surface area contributed by atoms with Crippen molar-refractivity contribution < 1.29 is 19.1 Å². The first kappa shape index (κ1) is 25.6. The molecule has 1 aliphatic rings. The van der Waals surface area contributed by atoms with Gasteiger partial charge in [-0.1, -0.05) is 30.4 Å². The number of amides is 1. The summed E-state index contributed by atoms with van der Waals surface area (Å²) in [5.74, 6) is 1.45. The van der Waals surface area contributed by atoms with Gasteiger partial charge in [-0.2, -0.15) is 24.4 Å². The minimum atomic E-state index is -0.658. The molecule has 3 N–H and O–H groups in total. The maximum absolute atomic E-state index is 13.1. The molecule has 0 radical (unpaired) electrons. The van der Waals surface area contributed by atoms with Gasteiger partial charge in [-0.15, -0.1) is 0 Å². The van der Waals surface area contributed by atoms with Gasteiger partial charge in [0.15, 0.2) is 0 Å². The van der Waals surface area contributed by atoms with Gasteiger partial charge in [0.2, 0.25) is 5.91 Å². The third kappa shape index (κ3) is 8.40. The quantitative estimate of drug-likeness (QED) is 0.245. The summed E-state index contributed by atoms with van der Waals surface area (Å²) in [5.41, 5.74) is 5.90. The van der Waals surface area contributed by atoms with Gasteiger partial charge in [-0.05, 0) is 30.6 Å². The number of carbonyl (C=O) groups is 2. The van der Waals surface area contributed by atoms with Crippen LogP contribution in [0.15, 0.2) is 42.5 Å². The maximum Gasteiger partial charge on any atom is 0.328 e. The van der Waals surface area contributed by atoms with Crippen molar-refractivity contribution in [3.63, 3.8) is 0 Å². The van der Waals surface area contributed by atoms with E-state index in [1.54, 1.807) is 11.8 Å². The van der Waals surface area contributed by atoms with Gasteiger partial charge < -0.3 is 20.5 Å². The molecule has 0 aliphatic carbocycles. The smallest absolute Gasteiger partial charge is 0.328 e. The Balaban J connectivity index is 2.08. The molecule has 1 fully saturated rings. The zero-order valence-corrected chi connectivity index (χ0v) is 19.8. The first-order valence-corrected chi connectivity index (χ1v) is 12.4. The molecule has 7 nitrogen and oxygen atoms in total. The van der Waals surface area contributed by atoms with Crippen LogP contribution in [0, 0.1) is 0 Å². The molecule has 1 aliphatic heterocycles. The highest BCUT2D eigenvalue weighted by molar-refractivity contribution is 7.98. The monoisotopic (exact) mass is 467 g/mol. The van der Waals surface area contributed by atoms with Crippen molar-refractivity contribution in [2.24, 2.45) is 5.73 Å². The Morgan fingerprint density at radius 2 is 2.13 bits per heavy atom. The van der Waals surface area contributed by atoms with E-state index in [4.69, 9.17) is 15.2 Å². The first-order valence-electron chi connectivity index (χ1n) is 10.3. The number of esters is 1. The predicted octanol–water partition coefficient (Wildman–Crippen LogP) is 1.73. The molecule has 0 bridgehead atoms. The van der Waals surface area contributed by atoms with Crippen LogP contribution in [0.2, 0.25) is 0 Å². The van der Waals surface area contributed by atoms with Crippen LogP contribution in [0.1, 0.15) is 12.8 Å². The van der Waals surface area contributed by atoms with Crippen molar-refractivity contribution in [1.82, 2.24) is 10.2 Å². The molecular formula is C22H33N3O4S2. The van der Waals surface area contributed by atoms with E-state index in [0.29, 0.717) is 31.7 Å². The van der Waals surface area contributed by atoms with Crippen molar-refractivity contribution in [3.8, 4) is 5.75 Å². The number of hydrogen-bond donors (Lipinski definition) is 3. The Morgan fingerprint density at radius 3 is 2.77 bits per heavy atom. The number of thioether (sulfide) groups is 1. The zero-order valence-electron chi connectivity index (χ0n) is 18.1. The Bertz CT molecular complexity index is 720. The fourth-order valence-corrected chi connectivity index (χ4v) is 4.03. The van der Waals surface area contributed by atoms with Crippen LogP contribution < -0.4 is 15.8 Å². The van der Waals surface area contributed by atoms with Crippen molar-refractivity contribution in [3.05, 3.63) is 42.5 Å². The summed E-state index contributed by atoms with van der Waals surface area (Å²) in [6.07, 6.45) is 6.73. The number of thiol groups is 1. The van der Waals surface area contributed by atoms with Gasteiger partial charge in [0.05, 0.1) is 13.2 Å². The van der Waals surface area contributed by atoms with Crippen LogP contribution in [-0.4, -0.2) is 79.0 Å². The number of nitrogens with one attached hydrogen (secondary N) is 1. The fraction of sp³-hybridized carbons (Fsp3) is 0.545. The number of likely N-dealkylation sites (tertiary alicyclic amines) is 1. The molecule has 31 heavy (non-hydrogen) atoms. The SMILES string of the molecule is COC(=O)[C@@H](CCSC)NC(=O)[C@@H]1C[C@H](Oc2ccccc2)CN1C/C=C/[C@@H](N)CS. The van der Waals surface area contributed by atoms with Crippen molar-refractivity contribution in [1.29, 1.82) is 0 Å². The second-order valence-corrected chi connectivity index (χ2v) is 8.75. The van der Waals surface area contributed by atoms with E-state index < -0.39 is 18.1 Å². The van der Waals surface area contributed by atoms with Gasteiger partial charge in [0.25, 0.3) is 0 Å². The molecule has 0 saturated carbocycles. The third-order valence-corrected chi connectivity index (χ3v) is 6.13. The summed E-state index contributed by atoms with van der Waals surface area (Å²) in [4.78, 5) is 27.3. The Hall–Kier alpha value is -1.68. The topological polar surface area (TPSA) is 93.9 Å². The van der Waals surface area contributed by atoms with E-state index in [2.05, 4.69) is 17.9 Å².